The summed E-state index contributed by atoms with van der Waals surface area (Å²) in [6.07, 6.45) is 1.04. The molecule has 2 heteroatoms. The third kappa shape index (κ3) is 3.63. The molecule has 0 N–H and O–H groups in total. The largest absolute Gasteiger partial charge is 0.497 e. The van der Waals surface area contributed by atoms with Gasteiger partial charge in [0.05, 0.1) is 13.7 Å². The smallest absolute Gasteiger partial charge is 0.127 e. The van der Waals surface area contributed by atoms with Gasteiger partial charge in [0.15, 0.2) is 0 Å². The second-order valence-electron chi connectivity index (χ2n) is 6.00. The molecule has 0 bridgehead atoms. The zero-order valence-corrected chi connectivity index (χ0v) is 12.2. The van der Waals surface area contributed by atoms with Gasteiger partial charge in [0.2, 0.25) is 0 Å². The average molecular weight is 258 g/mol. The molecule has 0 aliphatic heterocycles. The molecule has 0 saturated heterocycles. The predicted molar refractivity (Wildman–Crippen MR) is 80.1 cm³/mol. The van der Waals surface area contributed by atoms with E-state index in [0.29, 0.717) is 5.41 Å². The van der Waals surface area contributed by atoms with Crippen LogP contribution in [-0.2, 0) is 0 Å². The molecule has 0 fully saturated rings. The van der Waals surface area contributed by atoms with Crippen molar-refractivity contribution in [3.05, 3.63) is 36.4 Å². The Morgan fingerprint density at radius 3 is 2.53 bits per heavy atom. The van der Waals surface area contributed by atoms with E-state index in [-0.39, 0.29) is 0 Å². The van der Waals surface area contributed by atoms with Gasteiger partial charge in [-0.2, -0.15) is 0 Å². The number of hydrogen-bond acceptors (Lipinski definition) is 2. The van der Waals surface area contributed by atoms with Crippen molar-refractivity contribution < 1.29 is 9.47 Å². The molecule has 2 aromatic carbocycles. The van der Waals surface area contributed by atoms with Gasteiger partial charge in [-0.3, -0.25) is 0 Å². The number of rotatable bonds is 4. The SMILES string of the molecule is COc1ccc2cccc(OCCC(C)(C)C)c2c1. The minimum absolute atomic E-state index is 0.294. The van der Waals surface area contributed by atoms with Crippen LogP contribution in [0.4, 0.5) is 0 Å². The molecule has 0 radical (unpaired) electrons. The quantitative estimate of drug-likeness (QED) is 0.793. The van der Waals surface area contributed by atoms with Crippen molar-refractivity contribution in [2.45, 2.75) is 27.2 Å². The Labute approximate surface area is 115 Å². The van der Waals surface area contributed by atoms with Crippen LogP contribution in [0.2, 0.25) is 0 Å². The first-order valence-corrected chi connectivity index (χ1v) is 6.69. The summed E-state index contributed by atoms with van der Waals surface area (Å²) in [5.41, 5.74) is 0.294. The normalized spacial score (nSPS) is 11.6. The molecular formula is C17H22O2. The second-order valence-corrected chi connectivity index (χ2v) is 6.00. The molecule has 2 rings (SSSR count). The Kier molecular flexibility index (Phi) is 3.98. The van der Waals surface area contributed by atoms with Crippen LogP contribution in [0.3, 0.4) is 0 Å². The van der Waals surface area contributed by atoms with E-state index in [1.54, 1.807) is 7.11 Å². The van der Waals surface area contributed by atoms with E-state index in [4.69, 9.17) is 9.47 Å². The summed E-state index contributed by atoms with van der Waals surface area (Å²) in [7, 11) is 1.68. The summed E-state index contributed by atoms with van der Waals surface area (Å²) in [6, 6.07) is 12.2. The maximum Gasteiger partial charge on any atom is 0.127 e. The van der Waals surface area contributed by atoms with Crippen LogP contribution < -0.4 is 9.47 Å². The van der Waals surface area contributed by atoms with Gasteiger partial charge >= 0.3 is 0 Å². The zero-order valence-electron chi connectivity index (χ0n) is 12.2. The van der Waals surface area contributed by atoms with Crippen molar-refractivity contribution in [2.24, 2.45) is 5.41 Å². The minimum atomic E-state index is 0.294. The molecule has 0 aromatic heterocycles. The van der Waals surface area contributed by atoms with Gasteiger partial charge < -0.3 is 9.47 Å². The van der Waals surface area contributed by atoms with Crippen LogP contribution in [0.5, 0.6) is 11.5 Å². The molecule has 0 saturated carbocycles. The summed E-state index contributed by atoms with van der Waals surface area (Å²) in [4.78, 5) is 0. The van der Waals surface area contributed by atoms with Crippen molar-refractivity contribution in [3.63, 3.8) is 0 Å². The highest BCUT2D eigenvalue weighted by Gasteiger charge is 2.10. The fourth-order valence-electron chi connectivity index (χ4n) is 1.94. The zero-order chi connectivity index (χ0) is 13.9. The molecule has 0 amide bonds. The molecule has 0 aliphatic rings. The van der Waals surface area contributed by atoms with Crippen molar-refractivity contribution in [1.82, 2.24) is 0 Å². The third-order valence-corrected chi connectivity index (χ3v) is 3.16. The molecule has 0 unspecified atom stereocenters. The van der Waals surface area contributed by atoms with E-state index in [0.717, 1.165) is 29.9 Å². The van der Waals surface area contributed by atoms with E-state index in [1.807, 2.05) is 24.3 Å². The fourth-order valence-corrected chi connectivity index (χ4v) is 1.94. The van der Waals surface area contributed by atoms with Crippen molar-refractivity contribution in [3.8, 4) is 11.5 Å². The lowest BCUT2D eigenvalue weighted by atomic mass is 9.93. The average Bonchev–Trinajstić information content (AvgIpc) is 2.37. The number of ether oxygens (including phenoxy) is 2. The molecule has 0 aliphatic carbocycles. The van der Waals surface area contributed by atoms with Crippen LogP contribution in [0, 0.1) is 5.41 Å². The summed E-state index contributed by atoms with van der Waals surface area (Å²) in [6.45, 7) is 7.41. The number of methoxy groups -OCH3 is 1. The topological polar surface area (TPSA) is 18.5 Å². The van der Waals surface area contributed by atoms with Crippen LogP contribution >= 0.6 is 0 Å². The van der Waals surface area contributed by atoms with Gasteiger partial charge in [0, 0.05) is 5.39 Å². The third-order valence-electron chi connectivity index (χ3n) is 3.16. The first-order valence-electron chi connectivity index (χ1n) is 6.69. The monoisotopic (exact) mass is 258 g/mol. The molecular weight excluding hydrogens is 236 g/mol. The van der Waals surface area contributed by atoms with E-state index in [1.165, 1.54) is 5.39 Å². The molecule has 0 heterocycles. The first kappa shape index (κ1) is 13.7. The minimum Gasteiger partial charge on any atom is -0.497 e. The van der Waals surface area contributed by atoms with E-state index >= 15 is 0 Å². The van der Waals surface area contributed by atoms with Crippen LogP contribution in [0.25, 0.3) is 10.8 Å². The Bertz CT molecular complexity index is 553. The Hall–Kier alpha value is -1.70. The second kappa shape index (κ2) is 5.52. The van der Waals surface area contributed by atoms with Gasteiger partial charge in [0.25, 0.3) is 0 Å². The number of hydrogen-bond donors (Lipinski definition) is 0. The molecule has 102 valence electrons. The van der Waals surface area contributed by atoms with Crippen molar-refractivity contribution in [2.75, 3.05) is 13.7 Å². The standard InChI is InChI=1S/C17H22O2/c1-17(2,3)10-11-19-16-7-5-6-13-8-9-14(18-4)12-15(13)16/h5-9,12H,10-11H2,1-4H3. The van der Waals surface area contributed by atoms with Gasteiger partial charge in [-0.1, -0.05) is 39.0 Å². The predicted octanol–water partition coefficient (Wildman–Crippen LogP) is 4.66. The number of fused-ring (bicyclic) bond motifs is 1. The summed E-state index contributed by atoms with van der Waals surface area (Å²) in [5.74, 6) is 1.79. The lowest BCUT2D eigenvalue weighted by Crippen LogP contribution is -2.11. The molecule has 2 nitrogen and oxygen atoms in total. The number of benzene rings is 2. The van der Waals surface area contributed by atoms with Crippen molar-refractivity contribution >= 4 is 10.8 Å². The van der Waals surface area contributed by atoms with E-state index in [2.05, 4.69) is 32.9 Å². The van der Waals surface area contributed by atoms with Gasteiger partial charge in [-0.15, -0.1) is 0 Å². The first-order chi connectivity index (χ1) is 8.99. The van der Waals surface area contributed by atoms with Crippen LogP contribution in [-0.4, -0.2) is 13.7 Å². The fraction of sp³-hybridized carbons (Fsp3) is 0.412. The maximum atomic E-state index is 5.94. The molecule has 0 atom stereocenters. The summed E-state index contributed by atoms with van der Waals surface area (Å²) in [5, 5.41) is 2.28. The molecule has 2 aromatic rings. The van der Waals surface area contributed by atoms with Crippen molar-refractivity contribution in [1.29, 1.82) is 0 Å². The molecule has 19 heavy (non-hydrogen) atoms. The summed E-state index contributed by atoms with van der Waals surface area (Å²) >= 11 is 0. The lowest BCUT2D eigenvalue weighted by molar-refractivity contribution is 0.245. The van der Waals surface area contributed by atoms with Gasteiger partial charge in [-0.25, -0.2) is 0 Å². The Morgan fingerprint density at radius 2 is 1.84 bits per heavy atom. The summed E-state index contributed by atoms with van der Waals surface area (Å²) < 4.78 is 11.2. The lowest BCUT2D eigenvalue weighted by Gasteiger charge is -2.18. The maximum absolute atomic E-state index is 5.94. The Balaban J connectivity index is 2.22. The van der Waals surface area contributed by atoms with Crippen LogP contribution in [0.15, 0.2) is 36.4 Å². The highest BCUT2D eigenvalue weighted by Crippen LogP contribution is 2.29. The highest BCUT2D eigenvalue weighted by atomic mass is 16.5. The highest BCUT2D eigenvalue weighted by molar-refractivity contribution is 5.89. The van der Waals surface area contributed by atoms with Crippen LogP contribution in [0.1, 0.15) is 27.2 Å². The van der Waals surface area contributed by atoms with E-state index in [9.17, 15) is 0 Å². The van der Waals surface area contributed by atoms with Gasteiger partial charge in [0.1, 0.15) is 11.5 Å². The van der Waals surface area contributed by atoms with E-state index < -0.39 is 0 Å². The van der Waals surface area contributed by atoms with Gasteiger partial charge in [-0.05, 0) is 35.4 Å². The molecule has 0 spiro atoms. The Morgan fingerprint density at radius 1 is 1.05 bits per heavy atom.